The summed E-state index contributed by atoms with van der Waals surface area (Å²) in [6.45, 7) is -2.41. The molecule has 42 heteroatoms. The Kier molecular flexibility index (Phi) is 27.6. The van der Waals surface area contributed by atoms with Gasteiger partial charge in [0.05, 0.1) is 63.9 Å². The molecule has 24 N–H and O–H groups in total. The van der Waals surface area contributed by atoms with Gasteiger partial charge in [-0.05, 0) is 0 Å². The molecule has 6 saturated heterocycles. The number of rotatable bonds is 27. The number of aliphatic carboxylic acids is 2. The summed E-state index contributed by atoms with van der Waals surface area (Å²) in [5.41, 5.74) is 0. The average Bonchev–Trinajstić information content (AvgIpc) is 0.759. The Labute approximate surface area is 532 Å². The third kappa shape index (κ3) is 17.5. The van der Waals surface area contributed by atoms with Crippen molar-refractivity contribution in [2.45, 2.75) is 243 Å². The number of hydrogen-bond acceptors (Lipinski definition) is 35. The molecule has 6 fully saturated rings. The van der Waals surface area contributed by atoms with Gasteiger partial charge in [-0.25, -0.2) is 9.59 Å². The fourth-order valence-electron chi connectivity index (χ4n) is 11.8. The Morgan fingerprint density at radius 3 is 1.29 bits per heavy atom. The van der Waals surface area contributed by atoms with E-state index in [1.54, 1.807) is 0 Å². The molecule has 1 unspecified atom stereocenters. The lowest BCUT2D eigenvalue weighted by Gasteiger charge is -2.52. The smallest absolute Gasteiger partial charge is 0.364 e. The van der Waals surface area contributed by atoms with E-state index in [1.807, 2.05) is 0 Å². The van der Waals surface area contributed by atoms with Crippen LogP contribution in [0.25, 0.3) is 0 Å². The van der Waals surface area contributed by atoms with E-state index in [0.717, 1.165) is 34.6 Å². The predicted molar refractivity (Wildman–Crippen MR) is 292 cm³/mol. The number of carbonyl (C=O) groups is 7. The molecule has 0 aliphatic carbocycles. The fourth-order valence-corrected chi connectivity index (χ4v) is 11.8. The number of carbonyl (C=O) groups excluding carboxylic acids is 5. The van der Waals surface area contributed by atoms with Crippen LogP contribution in [0.1, 0.15) is 47.5 Å². The van der Waals surface area contributed by atoms with Crippen LogP contribution in [-0.2, 0) is 85.7 Å². The van der Waals surface area contributed by atoms with Gasteiger partial charge in [0.1, 0.15) is 134 Å². The van der Waals surface area contributed by atoms with Crippen LogP contribution in [-0.4, -0.2) is 373 Å². The zero-order chi connectivity index (χ0) is 70.3. The molecule has 6 heterocycles. The molecular formula is C52H85N5O37. The van der Waals surface area contributed by atoms with Crippen LogP contribution in [0.5, 0.6) is 0 Å². The summed E-state index contributed by atoms with van der Waals surface area (Å²) in [6, 6.07) is -9.18. The third-order valence-corrected chi connectivity index (χ3v) is 16.4. The maximum atomic E-state index is 13.6. The molecular weight excluding hydrogens is 1290 g/mol. The number of nitrogens with one attached hydrogen (secondary N) is 5. The number of carboxylic acid groups (broad SMARTS) is 2. The second kappa shape index (κ2) is 33.1. The highest BCUT2D eigenvalue weighted by atomic mass is 16.8. The van der Waals surface area contributed by atoms with Gasteiger partial charge in [-0.3, -0.25) is 24.0 Å². The van der Waals surface area contributed by atoms with Crippen molar-refractivity contribution in [2.75, 3.05) is 39.6 Å². The lowest BCUT2D eigenvalue weighted by Crippen LogP contribution is -2.72. The van der Waals surface area contributed by atoms with Crippen LogP contribution in [0.2, 0.25) is 0 Å². The average molecular weight is 1370 g/mol. The van der Waals surface area contributed by atoms with Gasteiger partial charge >= 0.3 is 11.9 Å². The van der Waals surface area contributed by atoms with Crippen LogP contribution in [0.3, 0.4) is 0 Å². The van der Waals surface area contributed by atoms with Crippen LogP contribution in [0, 0.1) is 0 Å². The molecule has 0 saturated carbocycles. The third-order valence-electron chi connectivity index (χ3n) is 16.4. The number of ether oxygens (including phenoxy) is 11. The van der Waals surface area contributed by atoms with E-state index in [4.69, 9.17) is 52.1 Å². The van der Waals surface area contributed by atoms with E-state index >= 15 is 0 Å². The van der Waals surface area contributed by atoms with Crippen molar-refractivity contribution in [1.29, 1.82) is 0 Å². The fraction of sp³-hybridized carbons (Fsp3) is 0.865. The Morgan fingerprint density at radius 2 is 0.830 bits per heavy atom. The Morgan fingerprint density at radius 1 is 0.436 bits per heavy atom. The number of aliphatic hydroxyl groups excluding tert-OH is 17. The summed E-state index contributed by atoms with van der Waals surface area (Å²) in [5.74, 6) is -15.2. The monoisotopic (exact) mass is 1370 g/mol. The lowest BCUT2D eigenvalue weighted by molar-refractivity contribution is -0.400. The second-order valence-electron chi connectivity index (χ2n) is 23.3. The molecule has 6 aliphatic heterocycles. The van der Waals surface area contributed by atoms with Gasteiger partial charge in [0.25, 0.3) is 11.6 Å². The van der Waals surface area contributed by atoms with Gasteiger partial charge in [-0.2, -0.15) is 0 Å². The molecule has 32 atom stereocenters. The minimum Gasteiger partial charge on any atom is -0.477 e. The largest absolute Gasteiger partial charge is 0.477 e. The van der Waals surface area contributed by atoms with E-state index in [0.29, 0.717) is 0 Å². The summed E-state index contributed by atoms with van der Waals surface area (Å²) in [6.07, 6.45) is -56.6. The maximum Gasteiger partial charge on any atom is 0.364 e. The van der Waals surface area contributed by atoms with Crippen LogP contribution < -0.4 is 26.6 Å². The van der Waals surface area contributed by atoms with Crippen molar-refractivity contribution >= 4 is 41.5 Å². The van der Waals surface area contributed by atoms with Crippen molar-refractivity contribution in [3.63, 3.8) is 0 Å². The zero-order valence-corrected chi connectivity index (χ0v) is 50.8. The van der Waals surface area contributed by atoms with Crippen molar-refractivity contribution in [3.8, 4) is 0 Å². The van der Waals surface area contributed by atoms with E-state index < -0.39 is 289 Å². The quantitative estimate of drug-likeness (QED) is 0.0363. The van der Waals surface area contributed by atoms with Gasteiger partial charge in [0.15, 0.2) is 25.2 Å². The van der Waals surface area contributed by atoms with Crippen molar-refractivity contribution in [3.05, 3.63) is 0 Å². The highest BCUT2D eigenvalue weighted by Crippen LogP contribution is 2.42. The number of aliphatic hydroxyl groups is 17. The van der Waals surface area contributed by atoms with E-state index in [-0.39, 0.29) is 0 Å². The van der Waals surface area contributed by atoms with E-state index in [2.05, 4.69) is 26.6 Å². The molecule has 42 nitrogen and oxygen atoms in total. The summed E-state index contributed by atoms with van der Waals surface area (Å²) < 4.78 is 64.6. The molecule has 0 radical (unpaired) electrons. The van der Waals surface area contributed by atoms with Gasteiger partial charge in [-0.1, -0.05) is 0 Å². The first-order valence-corrected chi connectivity index (χ1v) is 29.3. The first-order valence-electron chi connectivity index (χ1n) is 29.3. The van der Waals surface area contributed by atoms with Crippen molar-refractivity contribution in [1.82, 2.24) is 26.6 Å². The molecule has 6 aliphatic rings. The van der Waals surface area contributed by atoms with Gasteiger partial charge in [-0.15, -0.1) is 0 Å². The summed E-state index contributed by atoms with van der Waals surface area (Å²) >= 11 is 0. The van der Waals surface area contributed by atoms with Crippen LogP contribution in [0.4, 0.5) is 0 Å². The normalized spacial score (nSPS) is 42.4. The van der Waals surface area contributed by atoms with Gasteiger partial charge in [0.2, 0.25) is 29.5 Å². The predicted octanol–water partition coefficient (Wildman–Crippen LogP) is -15.0. The number of carboxylic acids is 2. The summed E-state index contributed by atoms with van der Waals surface area (Å²) in [7, 11) is 0. The molecule has 0 spiro atoms. The Bertz CT molecular complexity index is 2570. The first-order chi connectivity index (χ1) is 44.0. The molecule has 0 bridgehead atoms. The van der Waals surface area contributed by atoms with E-state index in [1.165, 1.54) is 0 Å². The Hall–Kier alpha value is -4.83. The molecule has 540 valence electrons. The second-order valence-corrected chi connectivity index (χ2v) is 23.3. The number of amides is 5. The first kappa shape index (κ1) is 78.2. The van der Waals surface area contributed by atoms with Crippen LogP contribution >= 0.6 is 0 Å². The zero-order valence-electron chi connectivity index (χ0n) is 50.8. The highest BCUT2D eigenvalue weighted by Gasteiger charge is 2.63. The molecule has 0 aromatic heterocycles. The van der Waals surface area contributed by atoms with Gasteiger partial charge in [0, 0.05) is 47.5 Å². The molecule has 5 amide bonds. The van der Waals surface area contributed by atoms with Crippen molar-refractivity contribution < 1.29 is 183 Å². The topological polar surface area (TPSA) is 666 Å². The van der Waals surface area contributed by atoms with Gasteiger partial charge < -0.3 is 176 Å². The van der Waals surface area contributed by atoms with Crippen molar-refractivity contribution in [2.24, 2.45) is 0 Å². The Balaban J connectivity index is 1.36. The maximum absolute atomic E-state index is 13.6. The highest BCUT2D eigenvalue weighted by molar-refractivity contribution is 5.78. The minimum atomic E-state index is -3.41. The minimum absolute atomic E-state index is 0.824. The summed E-state index contributed by atoms with van der Waals surface area (Å²) in [4.78, 5) is 89.1. The summed E-state index contributed by atoms with van der Waals surface area (Å²) in [5, 5.41) is 220. The van der Waals surface area contributed by atoms with E-state index in [9.17, 15) is 131 Å². The molecule has 94 heavy (non-hydrogen) atoms. The lowest BCUT2D eigenvalue weighted by atomic mass is 9.88. The molecule has 0 aromatic carbocycles. The molecule has 0 aromatic rings. The standard InChI is InChI=1S/C52H85N5O37/c1-14(63)53-27-19(68)6-51(49(80)81,92-42(27)32(72)21(70)8-58)84-13-26-35(75)41(31(45(79)85-26)57-18(5)67)91-47-30(56-17(4)66)37(77)39(24(11-61)87-47)89-48-38(78)44(40(25(12-62)88-48)90-46-29(55-16(3)65)36(76)34(74)23(10-60)86-46)94-52(50(82)83)7-20(69)28(54-15(2)64)43(93-52)33(73)22(71)9-59/h19-48,58-62,68-79H,6-13H2,1-5H3,(H,53,63)(H,54,64)(H,55,65)(H,56,66)(H,57,67)(H,80,81)(H,82,83)/t19-,20-,21+,22+,23+,24+,25+,26+,27+,28+,29+,30+,31+,32+,33+,34-,35-,36+,37+,38+,39+,40-,41+,42+,43+,44+,45?,46-,47-,48-,51+,52-/m0/s1. The molecule has 6 rings (SSSR count). The number of hydrogen-bond donors (Lipinski definition) is 24. The SMILES string of the molecule is CC(=O)N[C@H]1[C@H](O[C@H]2[C@@H](O)[C@@H](CO[C@]3(C(=O)O)C[C@H](O)[C@@H](NC(C)=O)[C@H]([C@H](O)[C@H](O)CO)O3)OC(O)[C@@H]2NC(C)=O)O[C@H](CO)[C@@H](O[C@@H]2O[C@H](CO)[C@H](O[C@@H]3O[C@H](CO)[C@H](O)[C@H](O)[C@H]3NC(C)=O)[C@H](O[C@]3(C(=O)O)C[C@H](O)[C@@H](NC(C)=O)[C@H]([C@H](O)[C@H](O)CO)O3)[C@H]2O)[C@@H]1O. The van der Waals surface area contributed by atoms with Crippen LogP contribution in [0.15, 0.2) is 0 Å².